The molecule has 12 nitrogen and oxygen atoms in total. The zero-order valence-electron chi connectivity index (χ0n) is 20.0. The van der Waals surface area contributed by atoms with Crippen LogP contribution in [-0.4, -0.2) is 57.7 Å². The Bertz CT molecular complexity index is 1510. The first-order chi connectivity index (χ1) is 17.7. The first-order valence-corrected chi connectivity index (χ1v) is 13.0. The molecule has 5 rings (SSSR count). The lowest BCUT2D eigenvalue weighted by Gasteiger charge is -2.50. The standard InChI is InChI=1S/C23H22N6O6S2/c1-10-5-28(6-12-4-11(2)35-18(10)12)7-13-8-36-21-16(20(31)29(21)17(13)22(32)33)26-19(30)15(27-34-3)14-9-37-23(24)25-14/h4-6,9,16,21H,7-8H2,1-3H3,(H3-,24,25,26,30,32,33)/t16?,21-/m1/s1. The van der Waals surface area contributed by atoms with Crippen LogP contribution in [0.5, 0.6) is 0 Å². The highest BCUT2D eigenvalue weighted by Gasteiger charge is 2.53. The predicted molar refractivity (Wildman–Crippen MR) is 133 cm³/mol. The average molecular weight is 543 g/mol. The number of carboxylic acid groups (broad SMARTS) is 1. The highest BCUT2D eigenvalue weighted by molar-refractivity contribution is 8.00. The van der Waals surface area contributed by atoms with E-state index in [-0.39, 0.29) is 28.8 Å². The van der Waals surface area contributed by atoms with Gasteiger partial charge >= 0.3 is 0 Å². The largest absolute Gasteiger partial charge is 0.543 e. The average Bonchev–Trinajstić information content (AvgIpc) is 3.45. The Kier molecular flexibility index (Phi) is 6.37. The van der Waals surface area contributed by atoms with Crippen LogP contribution < -0.4 is 20.7 Å². The van der Waals surface area contributed by atoms with Crippen LogP contribution in [0.3, 0.4) is 0 Å². The highest BCUT2D eigenvalue weighted by Crippen LogP contribution is 2.40. The molecular formula is C23H22N6O6S2. The number of oxime groups is 1. The number of hydrogen-bond acceptors (Lipinski definition) is 11. The van der Waals surface area contributed by atoms with Gasteiger partial charge in [0.15, 0.2) is 29.8 Å². The van der Waals surface area contributed by atoms with Gasteiger partial charge in [0.05, 0.1) is 22.6 Å². The number of hydrogen-bond donors (Lipinski definition) is 2. The van der Waals surface area contributed by atoms with Crippen molar-refractivity contribution in [1.29, 1.82) is 0 Å². The Hall–Kier alpha value is -3.91. The van der Waals surface area contributed by atoms with Crippen molar-refractivity contribution in [2.45, 2.75) is 31.8 Å². The lowest BCUT2D eigenvalue weighted by molar-refractivity contribution is -0.688. The van der Waals surface area contributed by atoms with E-state index >= 15 is 0 Å². The highest BCUT2D eigenvalue weighted by atomic mass is 32.2. The summed E-state index contributed by atoms with van der Waals surface area (Å²) in [5.41, 5.74) is 7.75. The molecule has 0 radical (unpaired) electrons. The Morgan fingerprint density at radius 3 is 2.86 bits per heavy atom. The molecule has 0 spiro atoms. The molecule has 192 valence electrons. The summed E-state index contributed by atoms with van der Waals surface area (Å²) in [6.45, 7) is 4.02. The van der Waals surface area contributed by atoms with Gasteiger partial charge in [-0.05, 0) is 19.9 Å². The van der Waals surface area contributed by atoms with E-state index in [4.69, 9.17) is 15.0 Å². The van der Waals surface area contributed by atoms with Crippen molar-refractivity contribution in [3.63, 3.8) is 0 Å². The number of amides is 2. The Morgan fingerprint density at radius 2 is 2.19 bits per heavy atom. The summed E-state index contributed by atoms with van der Waals surface area (Å²) in [5.74, 6) is -1.59. The molecule has 0 saturated carbocycles. The van der Waals surface area contributed by atoms with Crippen LogP contribution in [0.1, 0.15) is 17.0 Å². The number of β-lactam (4-membered cyclic amide) rings is 1. The van der Waals surface area contributed by atoms with Crippen molar-refractivity contribution in [3.05, 3.63) is 52.1 Å². The molecule has 3 aromatic heterocycles. The molecule has 1 fully saturated rings. The molecule has 0 bridgehead atoms. The molecular weight excluding hydrogens is 520 g/mol. The molecule has 14 heteroatoms. The maximum absolute atomic E-state index is 13.0. The van der Waals surface area contributed by atoms with E-state index in [0.29, 0.717) is 11.3 Å². The molecule has 3 aromatic rings. The number of thioether (sulfide) groups is 1. The van der Waals surface area contributed by atoms with Gasteiger partial charge in [0.1, 0.15) is 35.6 Å². The number of aliphatic carboxylic acids is 1. The van der Waals surface area contributed by atoms with Crippen LogP contribution in [-0.2, 0) is 25.8 Å². The fourth-order valence-electron chi connectivity index (χ4n) is 4.47. The molecule has 0 aromatic carbocycles. The van der Waals surface area contributed by atoms with Crippen molar-refractivity contribution in [2.75, 3.05) is 18.6 Å². The van der Waals surface area contributed by atoms with Gasteiger partial charge in [0.25, 0.3) is 11.8 Å². The maximum atomic E-state index is 13.0. The van der Waals surface area contributed by atoms with Crippen molar-refractivity contribution < 1.29 is 33.3 Å². The summed E-state index contributed by atoms with van der Waals surface area (Å²) >= 11 is 2.48. The lowest BCUT2D eigenvalue weighted by atomic mass is 10.0. The van der Waals surface area contributed by atoms with E-state index in [1.807, 2.05) is 36.9 Å². The minimum absolute atomic E-state index is 0.143. The number of anilines is 1. The van der Waals surface area contributed by atoms with Crippen molar-refractivity contribution in [2.24, 2.45) is 5.16 Å². The number of carbonyl (C=O) groups excluding carboxylic acids is 3. The summed E-state index contributed by atoms with van der Waals surface area (Å²) in [6, 6.07) is 0.956. The molecule has 2 atom stereocenters. The van der Waals surface area contributed by atoms with E-state index in [1.54, 1.807) is 5.38 Å². The molecule has 2 amide bonds. The molecule has 2 aliphatic rings. The van der Waals surface area contributed by atoms with Crippen LogP contribution in [0.4, 0.5) is 5.13 Å². The van der Waals surface area contributed by atoms with Gasteiger partial charge < -0.3 is 30.2 Å². The predicted octanol–water partition coefficient (Wildman–Crippen LogP) is -0.170. The summed E-state index contributed by atoms with van der Waals surface area (Å²) in [4.78, 5) is 48.1. The van der Waals surface area contributed by atoms with Gasteiger partial charge in [-0.25, -0.2) is 4.98 Å². The number of fused-ring (bicyclic) bond motifs is 2. The molecule has 1 saturated heterocycles. The fourth-order valence-corrected chi connectivity index (χ4v) is 6.35. The fraction of sp³-hybridized carbons (Fsp3) is 0.304. The second-order valence-electron chi connectivity index (χ2n) is 8.55. The molecule has 3 N–H and O–H groups in total. The van der Waals surface area contributed by atoms with Gasteiger partial charge in [-0.2, -0.15) is 4.57 Å². The number of carboxylic acids is 1. The van der Waals surface area contributed by atoms with E-state index in [9.17, 15) is 19.5 Å². The van der Waals surface area contributed by atoms with Crippen LogP contribution in [0.25, 0.3) is 11.0 Å². The summed E-state index contributed by atoms with van der Waals surface area (Å²) in [6.07, 6.45) is 3.74. The van der Waals surface area contributed by atoms with Crippen molar-refractivity contribution >= 4 is 62.7 Å². The van der Waals surface area contributed by atoms with Crippen LogP contribution in [0, 0.1) is 13.8 Å². The second-order valence-corrected chi connectivity index (χ2v) is 10.5. The quantitative estimate of drug-likeness (QED) is 0.178. The topological polar surface area (TPSA) is 167 Å². The number of rotatable bonds is 7. The van der Waals surface area contributed by atoms with Gasteiger partial charge in [-0.3, -0.25) is 14.5 Å². The van der Waals surface area contributed by atoms with Crippen LogP contribution >= 0.6 is 23.1 Å². The molecule has 1 unspecified atom stereocenters. The van der Waals surface area contributed by atoms with E-state index in [2.05, 4.69) is 15.5 Å². The summed E-state index contributed by atoms with van der Waals surface area (Å²) in [5, 5.41) is 20.6. The SMILES string of the molecule is CON=C(C(=O)NC1C(=O)N2C(C(=O)[O-])=C(C[n+]3cc(C)c4oc(C)cc4c3)CS[C@H]12)c1csc(N)n1. The first kappa shape index (κ1) is 24.8. The van der Waals surface area contributed by atoms with Gasteiger partial charge in [0.2, 0.25) is 0 Å². The second kappa shape index (κ2) is 9.52. The molecule has 37 heavy (non-hydrogen) atoms. The maximum Gasteiger partial charge on any atom is 0.276 e. The molecule has 2 aliphatic heterocycles. The van der Waals surface area contributed by atoms with E-state index in [1.165, 1.54) is 23.8 Å². The van der Waals surface area contributed by atoms with Crippen LogP contribution in [0.15, 0.2) is 44.7 Å². The van der Waals surface area contributed by atoms with E-state index in [0.717, 1.165) is 33.6 Å². The summed E-state index contributed by atoms with van der Waals surface area (Å²) < 4.78 is 7.58. The number of pyridine rings is 1. The number of nitrogens with one attached hydrogen (secondary N) is 1. The minimum atomic E-state index is -1.45. The number of aromatic nitrogens is 2. The third-order valence-electron chi connectivity index (χ3n) is 5.97. The van der Waals surface area contributed by atoms with Gasteiger partial charge in [0, 0.05) is 16.7 Å². The smallest absolute Gasteiger partial charge is 0.276 e. The number of carbonyl (C=O) groups is 3. The molecule has 5 heterocycles. The number of nitrogens with zero attached hydrogens (tertiary/aromatic N) is 4. The Labute approximate surface area is 218 Å². The Balaban J connectivity index is 1.37. The number of thiazole rings is 1. The Morgan fingerprint density at radius 1 is 1.41 bits per heavy atom. The zero-order valence-corrected chi connectivity index (χ0v) is 21.6. The third kappa shape index (κ3) is 4.42. The monoisotopic (exact) mass is 542 g/mol. The third-order valence-corrected chi connectivity index (χ3v) is 7.98. The van der Waals surface area contributed by atoms with Gasteiger partial charge in [-0.1, -0.05) is 5.16 Å². The van der Waals surface area contributed by atoms with Crippen molar-refractivity contribution in [1.82, 2.24) is 15.2 Å². The normalized spacial score (nSPS) is 19.6. The first-order valence-electron chi connectivity index (χ1n) is 11.1. The lowest BCUT2D eigenvalue weighted by Crippen LogP contribution is -2.71. The zero-order chi connectivity index (χ0) is 26.4. The number of nitrogens with two attached hydrogens (primary N) is 1. The number of furan rings is 1. The van der Waals surface area contributed by atoms with Crippen LogP contribution in [0.2, 0.25) is 0 Å². The number of nitrogen functional groups attached to an aromatic ring is 1. The van der Waals surface area contributed by atoms with E-state index < -0.39 is 29.2 Å². The number of aryl methyl sites for hydroxylation is 2. The summed E-state index contributed by atoms with van der Waals surface area (Å²) in [7, 11) is 1.28. The van der Waals surface area contributed by atoms with Gasteiger partial charge in [-0.15, -0.1) is 23.1 Å². The molecule has 0 aliphatic carbocycles. The minimum Gasteiger partial charge on any atom is -0.543 e. The van der Waals surface area contributed by atoms with Crippen molar-refractivity contribution in [3.8, 4) is 0 Å².